The molecule has 31 heavy (non-hydrogen) atoms. The third-order valence-electron chi connectivity index (χ3n) is 5.65. The fraction of sp³-hybridized carbons (Fsp3) is 0.250. The predicted molar refractivity (Wildman–Crippen MR) is 120 cm³/mol. The highest BCUT2D eigenvalue weighted by Gasteiger charge is 2.18. The van der Waals surface area contributed by atoms with Gasteiger partial charge in [0.15, 0.2) is 0 Å². The molecule has 4 aromatic heterocycles. The van der Waals surface area contributed by atoms with Gasteiger partial charge in [-0.2, -0.15) is 5.10 Å². The quantitative estimate of drug-likeness (QED) is 0.525. The van der Waals surface area contributed by atoms with Crippen molar-refractivity contribution in [3.8, 4) is 11.3 Å². The van der Waals surface area contributed by atoms with Crippen LogP contribution in [0.3, 0.4) is 0 Å². The van der Waals surface area contributed by atoms with Crippen molar-refractivity contribution in [1.82, 2.24) is 24.9 Å². The van der Waals surface area contributed by atoms with E-state index in [1.807, 2.05) is 47.2 Å². The molecule has 1 fully saturated rings. The van der Waals surface area contributed by atoms with Crippen LogP contribution in [0, 0.1) is 0 Å². The van der Waals surface area contributed by atoms with Crippen molar-refractivity contribution in [2.75, 3.05) is 18.4 Å². The van der Waals surface area contributed by atoms with E-state index in [1.54, 1.807) is 12.4 Å². The van der Waals surface area contributed by atoms with Gasteiger partial charge >= 0.3 is 0 Å². The molecule has 1 amide bonds. The van der Waals surface area contributed by atoms with Crippen LogP contribution >= 0.6 is 0 Å². The Morgan fingerprint density at radius 2 is 2.16 bits per heavy atom. The zero-order valence-corrected chi connectivity index (χ0v) is 17.2. The first kappa shape index (κ1) is 19.4. The molecule has 0 bridgehead atoms. The van der Waals surface area contributed by atoms with E-state index < -0.39 is 0 Å². The summed E-state index contributed by atoms with van der Waals surface area (Å²) in [4.78, 5) is 21.5. The fourth-order valence-corrected chi connectivity index (χ4v) is 4.08. The molecule has 0 aliphatic carbocycles. The van der Waals surface area contributed by atoms with Gasteiger partial charge < -0.3 is 10.6 Å². The second kappa shape index (κ2) is 8.65. The van der Waals surface area contributed by atoms with Gasteiger partial charge in [-0.05, 0) is 55.3 Å². The van der Waals surface area contributed by atoms with Gasteiger partial charge in [0.25, 0.3) is 0 Å². The van der Waals surface area contributed by atoms with Gasteiger partial charge in [0, 0.05) is 48.0 Å². The Hall–Kier alpha value is -3.58. The summed E-state index contributed by atoms with van der Waals surface area (Å²) in [5.74, 6) is 0.362. The summed E-state index contributed by atoms with van der Waals surface area (Å²) in [5.41, 5.74) is 5.49. The first-order chi connectivity index (χ1) is 15.3. The van der Waals surface area contributed by atoms with Crippen molar-refractivity contribution < 1.29 is 4.79 Å². The maximum atomic E-state index is 12.5. The first-order valence-electron chi connectivity index (χ1n) is 10.6. The van der Waals surface area contributed by atoms with Crippen LogP contribution in [0.5, 0.6) is 0 Å². The van der Waals surface area contributed by atoms with Gasteiger partial charge in [0.1, 0.15) is 0 Å². The fourth-order valence-electron chi connectivity index (χ4n) is 4.08. The van der Waals surface area contributed by atoms with Crippen molar-refractivity contribution >= 4 is 17.1 Å². The van der Waals surface area contributed by atoms with Gasteiger partial charge in [-0.15, -0.1) is 0 Å². The highest BCUT2D eigenvalue weighted by atomic mass is 16.1. The van der Waals surface area contributed by atoms with Gasteiger partial charge in [-0.3, -0.25) is 14.8 Å². The average molecular weight is 412 g/mol. The van der Waals surface area contributed by atoms with Gasteiger partial charge in [0.2, 0.25) is 5.91 Å². The number of carbonyl (C=O) groups is 1. The van der Waals surface area contributed by atoms with Crippen LogP contribution in [0.4, 0.5) is 5.69 Å². The lowest BCUT2D eigenvalue weighted by molar-refractivity contribution is -0.115. The third-order valence-corrected chi connectivity index (χ3v) is 5.65. The van der Waals surface area contributed by atoms with Crippen molar-refractivity contribution in [1.29, 1.82) is 0 Å². The van der Waals surface area contributed by atoms with E-state index in [1.165, 1.54) is 6.42 Å². The van der Waals surface area contributed by atoms with E-state index in [9.17, 15) is 4.79 Å². The molecular weight excluding hydrogens is 388 g/mol. The van der Waals surface area contributed by atoms with E-state index in [0.717, 1.165) is 53.2 Å². The zero-order chi connectivity index (χ0) is 21.0. The molecule has 4 aromatic rings. The van der Waals surface area contributed by atoms with E-state index in [4.69, 9.17) is 4.98 Å². The van der Waals surface area contributed by atoms with Crippen molar-refractivity contribution in [3.05, 3.63) is 78.5 Å². The standard InChI is InChI=1S/C24H24N6O/c31-24(12-17-4-2-9-25-14-17)28-19-8-11-30-23(13-19)20(16-27-30)22-7-1-6-21(29-22)18-5-3-10-26-15-18/h1-2,4,6-9,11,13-14,16,18,26H,3,5,10,12,15H2,(H,28,31). The smallest absolute Gasteiger partial charge is 0.228 e. The Morgan fingerprint density at radius 3 is 3.00 bits per heavy atom. The van der Waals surface area contributed by atoms with Gasteiger partial charge in [-0.25, -0.2) is 4.52 Å². The van der Waals surface area contributed by atoms with Crippen molar-refractivity contribution in [2.45, 2.75) is 25.2 Å². The van der Waals surface area contributed by atoms with Crippen molar-refractivity contribution in [2.24, 2.45) is 0 Å². The molecule has 0 aromatic carbocycles. The Labute approximate surface area is 180 Å². The molecule has 1 saturated heterocycles. The van der Waals surface area contributed by atoms with Crippen molar-refractivity contribution in [3.63, 3.8) is 0 Å². The third kappa shape index (κ3) is 4.32. The molecule has 156 valence electrons. The van der Waals surface area contributed by atoms with Crippen LogP contribution in [0.25, 0.3) is 16.8 Å². The van der Waals surface area contributed by atoms with Crippen LogP contribution in [0.1, 0.15) is 30.0 Å². The summed E-state index contributed by atoms with van der Waals surface area (Å²) < 4.78 is 1.81. The van der Waals surface area contributed by atoms with Crippen LogP contribution in [0.2, 0.25) is 0 Å². The highest BCUT2D eigenvalue weighted by Crippen LogP contribution is 2.28. The maximum Gasteiger partial charge on any atom is 0.228 e. The summed E-state index contributed by atoms with van der Waals surface area (Å²) in [6.45, 7) is 2.05. The second-order valence-corrected chi connectivity index (χ2v) is 7.88. The SMILES string of the molecule is O=C(Cc1cccnc1)Nc1ccn2ncc(-c3cccc(C4CCCNC4)n3)c2c1. The number of fused-ring (bicyclic) bond motifs is 1. The van der Waals surface area contributed by atoms with E-state index in [2.05, 4.69) is 32.8 Å². The number of rotatable bonds is 5. The Morgan fingerprint density at radius 1 is 1.19 bits per heavy atom. The molecule has 5 heterocycles. The van der Waals surface area contributed by atoms with E-state index in [0.29, 0.717) is 5.92 Å². The number of hydrogen-bond donors (Lipinski definition) is 2. The molecule has 0 saturated carbocycles. The lowest BCUT2D eigenvalue weighted by Gasteiger charge is -2.22. The summed E-state index contributed by atoms with van der Waals surface area (Å²) in [5, 5.41) is 10.9. The number of nitrogens with one attached hydrogen (secondary N) is 2. The molecular formula is C24H24N6O. The molecule has 1 unspecified atom stereocenters. The molecule has 5 rings (SSSR count). The topological polar surface area (TPSA) is 84.2 Å². The lowest BCUT2D eigenvalue weighted by Crippen LogP contribution is -2.28. The largest absolute Gasteiger partial charge is 0.326 e. The molecule has 0 spiro atoms. The first-order valence-corrected chi connectivity index (χ1v) is 10.6. The molecule has 7 nitrogen and oxygen atoms in total. The summed E-state index contributed by atoms with van der Waals surface area (Å²) in [7, 11) is 0. The summed E-state index contributed by atoms with van der Waals surface area (Å²) in [6.07, 6.45) is 9.71. The number of carbonyl (C=O) groups excluding carboxylic acids is 1. The molecule has 2 N–H and O–H groups in total. The molecule has 1 aliphatic rings. The second-order valence-electron chi connectivity index (χ2n) is 7.88. The molecule has 1 aliphatic heterocycles. The lowest BCUT2D eigenvalue weighted by atomic mass is 9.95. The Balaban J connectivity index is 1.40. The molecule has 1 atom stereocenters. The van der Waals surface area contributed by atoms with Crippen LogP contribution in [0.15, 0.2) is 67.3 Å². The normalized spacial score (nSPS) is 16.3. The number of hydrogen-bond acceptors (Lipinski definition) is 5. The Bertz CT molecular complexity index is 1200. The van der Waals surface area contributed by atoms with Crippen LogP contribution in [-0.4, -0.2) is 38.6 Å². The van der Waals surface area contributed by atoms with Gasteiger partial charge in [-0.1, -0.05) is 12.1 Å². The van der Waals surface area contributed by atoms with E-state index in [-0.39, 0.29) is 12.3 Å². The summed E-state index contributed by atoms with van der Waals surface area (Å²) in [6, 6.07) is 13.7. The molecule has 0 radical (unpaired) electrons. The minimum atomic E-state index is -0.0802. The predicted octanol–water partition coefficient (Wildman–Crippen LogP) is 3.44. The van der Waals surface area contributed by atoms with E-state index >= 15 is 0 Å². The maximum absolute atomic E-state index is 12.5. The monoisotopic (exact) mass is 412 g/mol. The van der Waals surface area contributed by atoms with Gasteiger partial charge in [0.05, 0.1) is 23.8 Å². The molecule has 7 heteroatoms. The number of anilines is 1. The Kier molecular flexibility index (Phi) is 5.41. The number of piperidine rings is 1. The number of pyridine rings is 3. The number of aromatic nitrogens is 4. The van der Waals surface area contributed by atoms with Crippen LogP contribution < -0.4 is 10.6 Å². The average Bonchev–Trinajstić information content (AvgIpc) is 3.24. The minimum Gasteiger partial charge on any atom is -0.326 e. The minimum absolute atomic E-state index is 0.0802. The zero-order valence-electron chi connectivity index (χ0n) is 17.2. The summed E-state index contributed by atoms with van der Waals surface area (Å²) >= 11 is 0. The number of nitrogens with zero attached hydrogens (tertiary/aromatic N) is 4. The highest BCUT2D eigenvalue weighted by molar-refractivity contribution is 5.93. The number of amides is 1. The van der Waals surface area contributed by atoms with Crippen LogP contribution in [-0.2, 0) is 11.2 Å².